The van der Waals surface area contributed by atoms with Gasteiger partial charge in [-0.3, -0.25) is 0 Å². The second-order valence-corrected chi connectivity index (χ2v) is 2.01. The van der Waals surface area contributed by atoms with E-state index >= 15 is 0 Å². The fourth-order valence-corrected chi connectivity index (χ4v) is 0.589. The summed E-state index contributed by atoms with van der Waals surface area (Å²) in [5.74, 6) is 0.563. The lowest BCUT2D eigenvalue weighted by Crippen LogP contribution is -1.86. The molecule has 1 heterocycles. The molecule has 0 saturated carbocycles. The van der Waals surface area contributed by atoms with Crippen molar-refractivity contribution in [2.45, 2.75) is 19.8 Å². The van der Waals surface area contributed by atoms with Crippen LogP contribution in [0.4, 0.5) is 0 Å². The topological polar surface area (TPSA) is 22.4 Å². The Balaban J connectivity index is 2.15. The molecule has 0 fully saturated rings. The highest BCUT2D eigenvalue weighted by Gasteiger charge is 1.93. The van der Waals surface area contributed by atoms with E-state index in [4.69, 9.17) is 9.15 Å². The molecule has 0 amide bonds. The van der Waals surface area contributed by atoms with Crippen molar-refractivity contribution < 1.29 is 9.15 Å². The summed E-state index contributed by atoms with van der Waals surface area (Å²) in [5.41, 5.74) is 0. The van der Waals surface area contributed by atoms with Gasteiger partial charge in [-0.1, -0.05) is 13.3 Å². The maximum Gasteiger partial charge on any atom is 0.284 e. The summed E-state index contributed by atoms with van der Waals surface area (Å²) in [5, 5.41) is 0. The third-order valence-corrected chi connectivity index (χ3v) is 1.10. The average Bonchev–Trinajstić information content (AvgIpc) is 2.41. The van der Waals surface area contributed by atoms with E-state index in [0.29, 0.717) is 5.95 Å². The van der Waals surface area contributed by atoms with Crippen molar-refractivity contribution in [3.8, 4) is 5.95 Å². The molecular weight excluding hydrogens is 128 g/mol. The highest BCUT2D eigenvalue weighted by molar-refractivity contribution is 5.04. The zero-order chi connectivity index (χ0) is 7.23. The zero-order valence-corrected chi connectivity index (χ0v) is 6.04. The lowest BCUT2D eigenvalue weighted by Gasteiger charge is -1.97. The molecular formula is C8H11O2. The lowest BCUT2D eigenvalue weighted by atomic mass is 10.4. The van der Waals surface area contributed by atoms with Crippen LogP contribution in [0.3, 0.4) is 0 Å². The Morgan fingerprint density at radius 2 is 2.60 bits per heavy atom. The van der Waals surface area contributed by atoms with Gasteiger partial charge in [-0.05, 0) is 12.5 Å². The van der Waals surface area contributed by atoms with Gasteiger partial charge < -0.3 is 9.15 Å². The van der Waals surface area contributed by atoms with Crippen LogP contribution in [0.25, 0.3) is 0 Å². The molecule has 0 aliphatic heterocycles. The monoisotopic (exact) mass is 139 g/mol. The molecule has 2 heteroatoms. The second kappa shape index (κ2) is 3.99. The van der Waals surface area contributed by atoms with Crippen LogP contribution in [0.5, 0.6) is 5.95 Å². The van der Waals surface area contributed by atoms with E-state index in [9.17, 15) is 0 Å². The van der Waals surface area contributed by atoms with E-state index in [0.717, 1.165) is 12.8 Å². The smallest absolute Gasteiger partial charge is 0.284 e. The highest BCUT2D eigenvalue weighted by Crippen LogP contribution is 2.11. The van der Waals surface area contributed by atoms with Crippen LogP contribution >= 0.6 is 0 Å². The number of hydrogen-bond acceptors (Lipinski definition) is 2. The highest BCUT2D eigenvalue weighted by atomic mass is 16.6. The van der Waals surface area contributed by atoms with Crippen LogP contribution in [-0.4, -0.2) is 0 Å². The molecule has 0 saturated heterocycles. The number of ether oxygens (including phenoxy) is 1. The third kappa shape index (κ3) is 2.13. The summed E-state index contributed by atoms with van der Waals surface area (Å²) < 4.78 is 10.0. The summed E-state index contributed by atoms with van der Waals surface area (Å²) in [7, 11) is 0. The van der Waals surface area contributed by atoms with Gasteiger partial charge in [0.1, 0.15) is 6.61 Å². The molecule has 0 N–H and O–H groups in total. The molecule has 1 aromatic rings. The molecule has 0 unspecified atom stereocenters. The van der Waals surface area contributed by atoms with Gasteiger partial charge in [0.05, 0.1) is 6.26 Å². The van der Waals surface area contributed by atoms with Crippen LogP contribution in [0.1, 0.15) is 19.8 Å². The van der Waals surface area contributed by atoms with Crippen LogP contribution in [0.15, 0.2) is 22.8 Å². The van der Waals surface area contributed by atoms with Crippen molar-refractivity contribution in [1.82, 2.24) is 0 Å². The van der Waals surface area contributed by atoms with Gasteiger partial charge in [0, 0.05) is 6.07 Å². The first kappa shape index (κ1) is 7.19. The first-order valence-corrected chi connectivity index (χ1v) is 3.45. The molecule has 0 atom stereocenters. The van der Waals surface area contributed by atoms with Gasteiger partial charge in [0.25, 0.3) is 5.95 Å². The Hall–Kier alpha value is -0.920. The maximum atomic E-state index is 5.09. The molecule has 0 aliphatic carbocycles. The fraction of sp³-hybridized carbons (Fsp3) is 0.375. The van der Waals surface area contributed by atoms with Crippen LogP contribution in [-0.2, 0) is 0 Å². The van der Waals surface area contributed by atoms with E-state index in [1.54, 1.807) is 25.0 Å². The molecule has 0 aliphatic rings. The van der Waals surface area contributed by atoms with Crippen molar-refractivity contribution in [2.75, 3.05) is 0 Å². The Kier molecular flexibility index (Phi) is 2.87. The van der Waals surface area contributed by atoms with Gasteiger partial charge in [-0.15, -0.1) is 0 Å². The number of rotatable bonds is 4. The van der Waals surface area contributed by atoms with E-state index in [-0.39, 0.29) is 0 Å². The van der Waals surface area contributed by atoms with E-state index in [1.165, 1.54) is 0 Å². The first-order chi connectivity index (χ1) is 4.93. The minimum Gasteiger partial charge on any atom is -0.458 e. The Morgan fingerprint density at radius 3 is 3.20 bits per heavy atom. The van der Waals surface area contributed by atoms with E-state index in [1.807, 2.05) is 0 Å². The summed E-state index contributed by atoms with van der Waals surface area (Å²) in [4.78, 5) is 0. The Morgan fingerprint density at radius 1 is 1.70 bits per heavy atom. The predicted octanol–water partition coefficient (Wildman–Crippen LogP) is 2.62. The molecule has 0 spiro atoms. The lowest BCUT2D eigenvalue weighted by molar-refractivity contribution is 0.294. The summed E-state index contributed by atoms with van der Waals surface area (Å²) in [6.07, 6.45) is 3.65. The summed E-state index contributed by atoms with van der Waals surface area (Å²) in [6.45, 7) is 3.85. The van der Waals surface area contributed by atoms with Gasteiger partial charge >= 0.3 is 0 Å². The van der Waals surface area contributed by atoms with Gasteiger partial charge in [-0.25, -0.2) is 0 Å². The minimum absolute atomic E-state index is 0.563. The second-order valence-electron chi connectivity index (χ2n) is 2.01. The SMILES string of the molecule is CCC[CH]Oc1ccco1. The first-order valence-electron chi connectivity index (χ1n) is 3.45. The molecule has 0 aromatic carbocycles. The van der Waals surface area contributed by atoms with Crippen molar-refractivity contribution in [3.63, 3.8) is 0 Å². The maximum absolute atomic E-state index is 5.09. The molecule has 1 aromatic heterocycles. The predicted molar refractivity (Wildman–Crippen MR) is 38.5 cm³/mol. The van der Waals surface area contributed by atoms with Crippen molar-refractivity contribution in [2.24, 2.45) is 0 Å². The van der Waals surface area contributed by atoms with Gasteiger partial charge in [-0.2, -0.15) is 0 Å². The average molecular weight is 139 g/mol. The Bertz CT molecular complexity index is 156. The summed E-state index contributed by atoms with van der Waals surface area (Å²) >= 11 is 0. The van der Waals surface area contributed by atoms with E-state index < -0.39 is 0 Å². The number of unbranched alkanes of at least 4 members (excludes halogenated alkanes) is 1. The molecule has 1 radical (unpaired) electrons. The van der Waals surface area contributed by atoms with Crippen LogP contribution in [0.2, 0.25) is 0 Å². The minimum atomic E-state index is 0.563. The molecule has 1 rings (SSSR count). The van der Waals surface area contributed by atoms with Gasteiger partial charge in [0.2, 0.25) is 0 Å². The largest absolute Gasteiger partial charge is 0.458 e. The van der Waals surface area contributed by atoms with Crippen LogP contribution < -0.4 is 4.74 Å². The molecule has 55 valence electrons. The standard InChI is InChI=1S/C8H11O2/c1-2-3-6-9-8-5-4-7-10-8/h4-7H,2-3H2,1H3. The molecule has 2 nitrogen and oxygen atoms in total. The number of hydrogen-bond donors (Lipinski definition) is 0. The Labute approximate surface area is 60.8 Å². The fourth-order valence-electron chi connectivity index (χ4n) is 0.589. The van der Waals surface area contributed by atoms with Crippen LogP contribution in [0, 0.1) is 6.61 Å². The molecule has 10 heavy (non-hydrogen) atoms. The quantitative estimate of drug-likeness (QED) is 0.598. The van der Waals surface area contributed by atoms with E-state index in [2.05, 4.69) is 6.92 Å². The normalized spacial score (nSPS) is 9.70. The number of furan rings is 1. The molecule has 0 bridgehead atoms. The third-order valence-electron chi connectivity index (χ3n) is 1.10. The van der Waals surface area contributed by atoms with Crippen molar-refractivity contribution in [1.29, 1.82) is 0 Å². The van der Waals surface area contributed by atoms with Gasteiger partial charge in [0.15, 0.2) is 0 Å². The van der Waals surface area contributed by atoms with Crippen molar-refractivity contribution in [3.05, 3.63) is 25.0 Å². The summed E-state index contributed by atoms with van der Waals surface area (Å²) in [6, 6.07) is 3.58. The van der Waals surface area contributed by atoms with Crippen molar-refractivity contribution >= 4 is 0 Å². The zero-order valence-electron chi connectivity index (χ0n) is 6.04.